The highest BCUT2D eigenvalue weighted by Gasteiger charge is 2.16. The predicted octanol–water partition coefficient (Wildman–Crippen LogP) is 1.70. The monoisotopic (exact) mass is 367 g/mol. The van der Waals surface area contributed by atoms with E-state index in [-0.39, 0.29) is 17.2 Å². The van der Waals surface area contributed by atoms with E-state index in [0.29, 0.717) is 0 Å². The Bertz CT molecular complexity index is 570. The Hall–Kier alpha value is -1.18. The van der Waals surface area contributed by atoms with Crippen molar-refractivity contribution < 1.29 is 17.5 Å². The first-order chi connectivity index (χ1) is 7.97. The molecule has 0 aliphatic carbocycles. The maximum Gasteiger partial charge on any atom is 0.297 e. The van der Waals surface area contributed by atoms with Crippen LogP contribution in [0.4, 0.5) is 5.69 Å². The van der Waals surface area contributed by atoms with Gasteiger partial charge in [0.25, 0.3) is 15.8 Å². The molecule has 0 aliphatic rings. The molecule has 1 aromatic rings. The largest absolute Gasteiger partial charge is 0.297 e. The van der Waals surface area contributed by atoms with Gasteiger partial charge in [0.1, 0.15) is 6.61 Å². The normalized spacial score (nSPS) is 10.4. The molecule has 0 unspecified atom stereocenters. The molecule has 0 aromatic heterocycles. The molecule has 0 saturated carbocycles. The first kappa shape index (κ1) is 13.9. The van der Waals surface area contributed by atoms with Crippen LogP contribution in [0.15, 0.2) is 29.2 Å². The Morgan fingerprint density at radius 3 is 2.41 bits per heavy atom. The second kappa shape index (κ2) is 5.95. The average Bonchev–Trinajstić information content (AvgIpc) is 2.29. The van der Waals surface area contributed by atoms with Crippen LogP contribution in [-0.4, -0.2) is 19.9 Å². The molecule has 90 valence electrons. The quantitative estimate of drug-likeness (QED) is 0.266. The zero-order chi connectivity index (χ0) is 12.9. The second-order valence-corrected chi connectivity index (χ2v) is 4.89. The molecule has 1 rings (SSSR count). The minimum absolute atomic E-state index is 0.140. The molecular weight excluding hydrogens is 361 g/mol. The fourth-order valence-electron chi connectivity index (χ4n) is 0.937. The molecule has 17 heavy (non-hydrogen) atoms. The van der Waals surface area contributed by atoms with Gasteiger partial charge >= 0.3 is 0 Å². The number of rotatable bonds is 4. The van der Waals surface area contributed by atoms with Crippen molar-refractivity contribution in [1.29, 1.82) is 0 Å². The minimum atomic E-state index is -3.90. The highest BCUT2D eigenvalue weighted by atomic mass is 127. The van der Waals surface area contributed by atoms with E-state index >= 15 is 0 Å². The highest BCUT2D eigenvalue weighted by Crippen LogP contribution is 2.17. The van der Waals surface area contributed by atoms with E-state index in [0.717, 1.165) is 24.3 Å². The molecule has 0 bridgehead atoms. The Morgan fingerprint density at radius 1 is 1.35 bits per heavy atom. The fraction of sp³-hybridized carbons (Fsp3) is 0.111. The maximum absolute atomic E-state index is 11.5. The summed E-state index contributed by atoms with van der Waals surface area (Å²) >= 11 is 1.75. The molecule has 6 nitrogen and oxygen atoms in total. The molecule has 8 heteroatoms. The topological polar surface area (TPSA) is 86.5 Å². The van der Waals surface area contributed by atoms with Gasteiger partial charge in [-0.05, 0) is 16.1 Å². The van der Waals surface area contributed by atoms with Gasteiger partial charge in [0, 0.05) is 34.7 Å². The van der Waals surface area contributed by atoms with Crippen molar-refractivity contribution in [1.82, 2.24) is 0 Å². The van der Waals surface area contributed by atoms with E-state index in [1.54, 1.807) is 22.6 Å². The summed E-state index contributed by atoms with van der Waals surface area (Å²) in [5.74, 6) is 2.43. The summed E-state index contributed by atoms with van der Waals surface area (Å²) in [4.78, 5) is 9.63. The molecular formula is C9H6INO5S. The van der Waals surface area contributed by atoms with Crippen LogP contribution in [0, 0.1) is 20.0 Å². The lowest BCUT2D eigenvalue weighted by Gasteiger charge is -2.01. The molecule has 0 atom stereocenters. The summed E-state index contributed by atoms with van der Waals surface area (Å²) in [6.07, 6.45) is 0. The SMILES string of the molecule is O=[N+]([O-])c1ccc(S(=O)(=O)OCC#CI)cc1. The van der Waals surface area contributed by atoms with Gasteiger partial charge in [-0.1, -0.05) is 5.92 Å². The van der Waals surface area contributed by atoms with E-state index in [9.17, 15) is 18.5 Å². The van der Waals surface area contributed by atoms with E-state index in [1.807, 2.05) is 0 Å². The number of hydrogen-bond donors (Lipinski definition) is 0. The fourth-order valence-corrected chi connectivity index (χ4v) is 1.91. The summed E-state index contributed by atoms with van der Waals surface area (Å²) in [7, 11) is -3.90. The Kier molecular flexibility index (Phi) is 4.86. The summed E-state index contributed by atoms with van der Waals surface area (Å²) in [5, 5.41) is 10.4. The molecule has 1 aromatic carbocycles. The third-order valence-corrected chi connectivity index (χ3v) is 3.35. The summed E-state index contributed by atoms with van der Waals surface area (Å²) in [6, 6.07) is 4.43. The van der Waals surface area contributed by atoms with E-state index in [4.69, 9.17) is 0 Å². The number of halogens is 1. The zero-order valence-electron chi connectivity index (χ0n) is 8.29. The molecule has 0 saturated heterocycles. The molecule has 0 aliphatic heterocycles. The Morgan fingerprint density at radius 2 is 1.94 bits per heavy atom. The number of benzene rings is 1. The van der Waals surface area contributed by atoms with E-state index in [1.165, 1.54) is 0 Å². The summed E-state index contributed by atoms with van der Waals surface area (Å²) in [5.41, 5.74) is -0.184. The van der Waals surface area contributed by atoms with Gasteiger partial charge in [-0.15, -0.1) is 0 Å². The van der Waals surface area contributed by atoms with Crippen LogP contribution in [0.2, 0.25) is 0 Å². The first-order valence-corrected chi connectivity index (χ1v) is 6.68. The Labute approximate surface area is 111 Å². The van der Waals surface area contributed by atoms with Gasteiger partial charge in [-0.3, -0.25) is 14.3 Å². The molecule has 0 heterocycles. The summed E-state index contributed by atoms with van der Waals surface area (Å²) in [6.45, 7) is -0.248. The van der Waals surface area contributed by atoms with Gasteiger partial charge in [-0.2, -0.15) is 8.42 Å². The van der Waals surface area contributed by atoms with Crippen LogP contribution in [0.1, 0.15) is 0 Å². The lowest BCUT2D eigenvalue weighted by molar-refractivity contribution is -0.384. The van der Waals surface area contributed by atoms with Crippen LogP contribution in [-0.2, 0) is 14.3 Å². The van der Waals surface area contributed by atoms with Gasteiger partial charge in [0.15, 0.2) is 0 Å². The lowest BCUT2D eigenvalue weighted by atomic mass is 10.3. The predicted molar refractivity (Wildman–Crippen MR) is 68.0 cm³/mol. The van der Waals surface area contributed by atoms with Crippen molar-refractivity contribution in [3.8, 4) is 9.85 Å². The van der Waals surface area contributed by atoms with Crippen molar-refractivity contribution >= 4 is 38.4 Å². The zero-order valence-corrected chi connectivity index (χ0v) is 11.3. The third kappa shape index (κ3) is 3.95. The molecule has 0 fully saturated rings. The van der Waals surface area contributed by atoms with Gasteiger partial charge in [0.05, 0.1) is 9.82 Å². The van der Waals surface area contributed by atoms with Crippen LogP contribution in [0.3, 0.4) is 0 Å². The minimum Gasteiger partial charge on any atom is -0.258 e. The molecule has 0 radical (unpaired) electrons. The van der Waals surface area contributed by atoms with Gasteiger partial charge < -0.3 is 0 Å². The van der Waals surface area contributed by atoms with Crippen LogP contribution in [0.5, 0.6) is 0 Å². The lowest BCUT2D eigenvalue weighted by Crippen LogP contribution is -2.06. The Balaban J connectivity index is 2.91. The van der Waals surface area contributed by atoms with Crippen molar-refractivity contribution in [2.45, 2.75) is 4.90 Å². The maximum atomic E-state index is 11.5. The van der Waals surface area contributed by atoms with Gasteiger partial charge in [-0.25, -0.2) is 0 Å². The van der Waals surface area contributed by atoms with Crippen LogP contribution in [0.25, 0.3) is 0 Å². The number of nitro groups is 1. The van der Waals surface area contributed by atoms with E-state index < -0.39 is 15.0 Å². The molecule has 0 N–H and O–H groups in total. The van der Waals surface area contributed by atoms with E-state index in [2.05, 4.69) is 14.0 Å². The van der Waals surface area contributed by atoms with Gasteiger partial charge in [0.2, 0.25) is 0 Å². The number of nitrogens with zero attached hydrogens (tertiary/aromatic N) is 1. The van der Waals surface area contributed by atoms with Crippen molar-refractivity contribution in [2.75, 3.05) is 6.61 Å². The molecule has 0 amide bonds. The third-order valence-electron chi connectivity index (χ3n) is 1.69. The van der Waals surface area contributed by atoms with Crippen LogP contribution >= 0.6 is 22.6 Å². The van der Waals surface area contributed by atoms with Crippen molar-refractivity contribution in [3.05, 3.63) is 34.4 Å². The second-order valence-electron chi connectivity index (χ2n) is 2.74. The number of nitro benzene ring substituents is 1. The standard InChI is InChI=1S/C9H6INO5S/c10-6-1-7-16-17(14,15)9-4-2-8(3-5-9)11(12)13/h2-5H,7H2. The van der Waals surface area contributed by atoms with Crippen LogP contribution < -0.4 is 0 Å². The van der Waals surface area contributed by atoms with Crippen molar-refractivity contribution in [3.63, 3.8) is 0 Å². The average molecular weight is 367 g/mol. The number of non-ortho nitro benzene ring substituents is 1. The first-order valence-electron chi connectivity index (χ1n) is 4.20. The summed E-state index contributed by atoms with van der Waals surface area (Å²) < 4.78 is 30.1. The smallest absolute Gasteiger partial charge is 0.258 e. The number of hydrogen-bond acceptors (Lipinski definition) is 5. The highest BCUT2D eigenvalue weighted by molar-refractivity contribution is 14.1. The molecule has 0 spiro atoms. The van der Waals surface area contributed by atoms with Crippen molar-refractivity contribution in [2.24, 2.45) is 0 Å².